The van der Waals surface area contributed by atoms with E-state index in [1.54, 1.807) is 0 Å². The number of halogens is 2. The van der Waals surface area contributed by atoms with Gasteiger partial charge in [0.1, 0.15) is 5.75 Å². The van der Waals surface area contributed by atoms with Crippen LogP contribution in [0.25, 0.3) is 0 Å². The smallest absolute Gasteiger partial charge is 0.156 e. The predicted octanol–water partition coefficient (Wildman–Crippen LogP) is 6.06. The number of ether oxygens (including phenoxy) is 1. The Morgan fingerprint density at radius 1 is 1.21 bits per heavy atom. The third-order valence-corrected chi connectivity index (χ3v) is 5.07. The summed E-state index contributed by atoms with van der Waals surface area (Å²) >= 11 is 11.6. The fraction of sp³-hybridized carbons (Fsp3) is 0.600. The highest BCUT2D eigenvalue weighted by molar-refractivity contribution is 9.09. The highest BCUT2D eigenvalue weighted by Gasteiger charge is 2.19. The Balaban J connectivity index is 2.45. The second-order valence-corrected chi connectivity index (χ2v) is 6.82. The van der Waals surface area contributed by atoms with Crippen LogP contribution in [0.5, 0.6) is 5.75 Å². The summed E-state index contributed by atoms with van der Waals surface area (Å²) in [5.41, 5.74) is 0. The van der Waals surface area contributed by atoms with Gasteiger partial charge in [-0.3, -0.25) is 0 Å². The summed E-state index contributed by atoms with van der Waals surface area (Å²) in [5.74, 6) is 1.40. The Kier molecular flexibility index (Phi) is 9.25. The van der Waals surface area contributed by atoms with Gasteiger partial charge in [-0.1, -0.05) is 47.8 Å². The molecule has 0 spiro atoms. The average Bonchev–Trinajstić information content (AvgIpc) is 2.41. The van der Waals surface area contributed by atoms with Crippen molar-refractivity contribution in [2.75, 3.05) is 5.33 Å². The van der Waals surface area contributed by atoms with Gasteiger partial charge in [-0.05, 0) is 47.3 Å². The fourth-order valence-electron chi connectivity index (χ4n) is 1.97. The van der Waals surface area contributed by atoms with Gasteiger partial charge < -0.3 is 4.74 Å². The van der Waals surface area contributed by atoms with E-state index in [4.69, 9.17) is 4.74 Å². The summed E-state index contributed by atoms with van der Waals surface area (Å²) in [6.45, 7) is 2.22. The first-order valence-corrected chi connectivity index (χ1v) is 9.32. The topological polar surface area (TPSA) is 9.23 Å². The predicted molar refractivity (Wildman–Crippen MR) is 93.1 cm³/mol. The van der Waals surface area contributed by atoms with Crippen LogP contribution in [0.4, 0.5) is 0 Å². The molecule has 0 fully saturated rings. The number of para-hydroxylation sites is 1. The molecule has 0 aromatic heterocycles. The van der Waals surface area contributed by atoms with Crippen molar-refractivity contribution in [2.24, 2.45) is 5.92 Å². The highest BCUT2D eigenvalue weighted by atomic mass is 79.9. The zero-order valence-corrected chi connectivity index (χ0v) is 15.4. The van der Waals surface area contributed by atoms with Crippen molar-refractivity contribution < 1.29 is 4.74 Å². The van der Waals surface area contributed by atoms with Crippen molar-refractivity contribution in [3.8, 4) is 5.75 Å². The van der Waals surface area contributed by atoms with E-state index in [0.717, 1.165) is 22.4 Å². The number of rotatable bonds is 9. The van der Waals surface area contributed by atoms with Crippen LogP contribution in [0, 0.1) is 5.92 Å². The van der Waals surface area contributed by atoms with Gasteiger partial charge >= 0.3 is 0 Å². The van der Waals surface area contributed by atoms with E-state index < -0.39 is 0 Å². The highest BCUT2D eigenvalue weighted by Crippen LogP contribution is 2.29. The summed E-state index contributed by atoms with van der Waals surface area (Å²) in [6, 6.07) is 7.87. The lowest BCUT2D eigenvalue weighted by atomic mass is 9.99. The van der Waals surface area contributed by atoms with Crippen LogP contribution < -0.4 is 4.74 Å². The van der Waals surface area contributed by atoms with E-state index in [1.165, 1.54) is 25.7 Å². The molecule has 0 saturated heterocycles. The zero-order chi connectivity index (χ0) is 14.1. The van der Waals surface area contributed by atoms with Gasteiger partial charge in [0, 0.05) is 16.1 Å². The van der Waals surface area contributed by atoms with E-state index in [1.807, 2.05) is 24.3 Å². The maximum atomic E-state index is 5.99. The number of hydrogen-bond acceptors (Lipinski definition) is 2. The Labute approximate surface area is 139 Å². The molecule has 4 heteroatoms. The Bertz CT molecular complexity index is 360. The van der Waals surface area contributed by atoms with Crippen molar-refractivity contribution in [3.05, 3.63) is 24.3 Å². The molecule has 2 atom stereocenters. The molecule has 0 aliphatic heterocycles. The average molecular weight is 410 g/mol. The molecule has 0 N–H and O–H groups in total. The van der Waals surface area contributed by atoms with Gasteiger partial charge in [0.05, 0.1) is 0 Å². The van der Waals surface area contributed by atoms with Crippen molar-refractivity contribution in [3.63, 3.8) is 0 Å². The monoisotopic (exact) mass is 408 g/mol. The summed E-state index contributed by atoms with van der Waals surface area (Å²) < 4.78 is 5.99. The largest absolute Gasteiger partial charge is 0.478 e. The Morgan fingerprint density at radius 3 is 2.58 bits per heavy atom. The van der Waals surface area contributed by atoms with Crippen molar-refractivity contribution in [1.29, 1.82) is 0 Å². The van der Waals surface area contributed by atoms with Gasteiger partial charge in [0.25, 0.3) is 0 Å². The third kappa shape index (κ3) is 6.54. The van der Waals surface area contributed by atoms with Gasteiger partial charge in [-0.25, -0.2) is 0 Å². The molecule has 1 nitrogen and oxygen atoms in total. The van der Waals surface area contributed by atoms with E-state index >= 15 is 0 Å². The van der Waals surface area contributed by atoms with Gasteiger partial charge in [0.2, 0.25) is 0 Å². The maximum absolute atomic E-state index is 5.99. The van der Waals surface area contributed by atoms with Crippen LogP contribution in [0.2, 0.25) is 0 Å². The first-order chi connectivity index (χ1) is 9.19. The zero-order valence-electron chi connectivity index (χ0n) is 11.3. The SMILES string of the molecule is CCC(CCCCCBr)C(Br)Oc1ccccc1S. The van der Waals surface area contributed by atoms with Gasteiger partial charge in [-0.15, -0.1) is 12.6 Å². The Hall–Kier alpha value is 0.330. The molecule has 0 amide bonds. The summed E-state index contributed by atoms with van der Waals surface area (Å²) in [4.78, 5) is 0.890. The molecular formula is C15H22Br2OS. The van der Waals surface area contributed by atoms with Crippen LogP contribution in [0.1, 0.15) is 39.0 Å². The second-order valence-electron chi connectivity index (χ2n) is 4.64. The van der Waals surface area contributed by atoms with E-state index in [0.29, 0.717) is 5.92 Å². The van der Waals surface area contributed by atoms with Crippen molar-refractivity contribution >= 4 is 44.5 Å². The van der Waals surface area contributed by atoms with Crippen LogP contribution in [0.3, 0.4) is 0 Å². The van der Waals surface area contributed by atoms with Gasteiger partial charge in [0.15, 0.2) is 5.01 Å². The second kappa shape index (κ2) is 10.1. The molecular weight excluding hydrogens is 388 g/mol. The molecule has 0 radical (unpaired) electrons. The summed E-state index contributed by atoms with van der Waals surface area (Å²) in [5, 5.41) is 1.17. The van der Waals surface area contributed by atoms with Crippen molar-refractivity contribution in [1.82, 2.24) is 0 Å². The maximum Gasteiger partial charge on any atom is 0.156 e. The summed E-state index contributed by atoms with van der Waals surface area (Å²) in [6.07, 6.45) is 6.12. The molecule has 1 aromatic rings. The first kappa shape index (κ1) is 17.4. The number of unbranched alkanes of at least 4 members (excludes halogenated alkanes) is 2. The number of thiol groups is 1. The molecule has 108 valence electrons. The molecule has 0 saturated carbocycles. The lowest BCUT2D eigenvalue weighted by Crippen LogP contribution is -2.20. The molecule has 0 bridgehead atoms. The summed E-state index contributed by atoms with van der Waals surface area (Å²) in [7, 11) is 0. The van der Waals surface area contributed by atoms with Crippen LogP contribution in [-0.2, 0) is 0 Å². The van der Waals surface area contributed by atoms with Gasteiger partial charge in [-0.2, -0.15) is 0 Å². The number of benzene rings is 1. The molecule has 2 unspecified atom stereocenters. The third-order valence-electron chi connectivity index (χ3n) is 3.21. The quantitative estimate of drug-likeness (QED) is 0.296. The molecule has 1 rings (SSSR count). The minimum absolute atomic E-state index is 0.0646. The molecule has 0 aliphatic rings. The lowest BCUT2D eigenvalue weighted by Gasteiger charge is -2.23. The molecule has 19 heavy (non-hydrogen) atoms. The van der Waals surface area contributed by atoms with E-state index in [9.17, 15) is 0 Å². The van der Waals surface area contributed by atoms with Crippen molar-refractivity contribution in [2.45, 2.75) is 48.9 Å². The first-order valence-electron chi connectivity index (χ1n) is 6.83. The Morgan fingerprint density at radius 2 is 1.95 bits per heavy atom. The minimum atomic E-state index is 0.0646. The minimum Gasteiger partial charge on any atom is -0.478 e. The van der Waals surface area contributed by atoms with Crippen LogP contribution in [0.15, 0.2) is 29.2 Å². The number of alkyl halides is 2. The van der Waals surface area contributed by atoms with E-state index in [2.05, 4.69) is 51.4 Å². The normalized spacial score (nSPS) is 14.1. The fourth-order valence-corrected chi connectivity index (χ4v) is 3.42. The standard InChI is InChI=1S/C15H22Br2OS/c1-2-12(8-4-3-7-11-16)15(17)18-13-9-5-6-10-14(13)19/h5-6,9-10,12,15,19H,2-4,7-8,11H2,1H3. The molecule has 1 aromatic carbocycles. The lowest BCUT2D eigenvalue weighted by molar-refractivity contribution is 0.202. The molecule has 0 heterocycles. The molecule has 0 aliphatic carbocycles. The van der Waals surface area contributed by atoms with E-state index in [-0.39, 0.29) is 5.01 Å². The van der Waals surface area contributed by atoms with Crippen LogP contribution in [-0.4, -0.2) is 10.3 Å². The number of hydrogen-bond donors (Lipinski definition) is 1. The van der Waals surface area contributed by atoms with Crippen LogP contribution >= 0.6 is 44.5 Å².